The summed E-state index contributed by atoms with van der Waals surface area (Å²) in [7, 11) is 0. The minimum atomic E-state index is -5.20. The van der Waals surface area contributed by atoms with Gasteiger partial charge in [-0.05, 0) is 27.0 Å². The second-order valence-electron chi connectivity index (χ2n) is 10.3. The van der Waals surface area contributed by atoms with E-state index in [1.807, 2.05) is 10.2 Å². The lowest BCUT2D eigenvalue weighted by Crippen LogP contribution is -2.65. The van der Waals surface area contributed by atoms with Crippen molar-refractivity contribution in [2.75, 3.05) is 37.3 Å². The Morgan fingerprint density at radius 3 is 2.27 bits per heavy atom. The molecule has 40 heavy (non-hydrogen) atoms. The molecule has 1 aromatic rings. The van der Waals surface area contributed by atoms with E-state index in [0.29, 0.717) is 35.7 Å². The molecule has 7 atom stereocenters. The summed E-state index contributed by atoms with van der Waals surface area (Å²) in [6.45, 7) is 8.63. The van der Waals surface area contributed by atoms with Gasteiger partial charge in [0, 0.05) is 31.4 Å². The van der Waals surface area contributed by atoms with Crippen LogP contribution in [0.3, 0.4) is 0 Å². The fourth-order valence-corrected chi connectivity index (χ4v) is 7.04. The number of aliphatic hydroxyl groups excluding tert-OH is 3. The van der Waals surface area contributed by atoms with E-state index < -0.39 is 64.9 Å². The molecule has 12 nitrogen and oxygen atoms in total. The van der Waals surface area contributed by atoms with Crippen molar-refractivity contribution < 1.29 is 47.6 Å². The van der Waals surface area contributed by atoms with Crippen LogP contribution in [0, 0.1) is 0 Å². The first-order valence-electron chi connectivity index (χ1n) is 12.3. The van der Waals surface area contributed by atoms with Crippen molar-refractivity contribution in [3.8, 4) is 0 Å². The molecule has 0 spiro atoms. The molecule has 2 amide bonds. The monoisotopic (exact) mass is 633 g/mol. The Bertz CT molecular complexity index is 1020. The van der Waals surface area contributed by atoms with E-state index in [-0.39, 0.29) is 0 Å². The highest BCUT2D eigenvalue weighted by atomic mass is 32.2. The van der Waals surface area contributed by atoms with Gasteiger partial charge in [0.15, 0.2) is 4.34 Å². The molecule has 18 heteroatoms. The smallest absolute Gasteiger partial charge is 0.444 e. The average molecular weight is 634 g/mol. The SMILES string of the molecule is CSC1O[C@H]([C@H](NC(=O)C(F)(F)F)[C@H](C)Sc2nnc(N3CCN(C(=O)OC(C)(C)C)CC3)s2)C(O)[C@@H](O)[C@H]1O. The van der Waals surface area contributed by atoms with Crippen molar-refractivity contribution in [3.63, 3.8) is 0 Å². The molecule has 2 fully saturated rings. The van der Waals surface area contributed by atoms with E-state index in [9.17, 15) is 38.1 Å². The van der Waals surface area contributed by atoms with E-state index in [4.69, 9.17) is 9.47 Å². The normalized spacial score (nSPS) is 27.7. The Kier molecular flexibility index (Phi) is 10.8. The van der Waals surface area contributed by atoms with Crippen molar-refractivity contribution >= 4 is 52.0 Å². The summed E-state index contributed by atoms with van der Waals surface area (Å²) in [5.74, 6) is -2.23. The number of piperazine rings is 1. The molecule has 2 unspecified atom stereocenters. The summed E-state index contributed by atoms with van der Waals surface area (Å²) >= 11 is 3.20. The Hall–Kier alpha value is -1.57. The van der Waals surface area contributed by atoms with Gasteiger partial charge in [0.05, 0.1) is 6.04 Å². The summed E-state index contributed by atoms with van der Waals surface area (Å²) in [5, 5.41) is 40.9. The maximum Gasteiger partial charge on any atom is 0.471 e. The van der Waals surface area contributed by atoms with Crippen molar-refractivity contribution in [2.24, 2.45) is 0 Å². The van der Waals surface area contributed by atoms with Gasteiger partial charge in [-0.1, -0.05) is 30.0 Å². The van der Waals surface area contributed by atoms with Crippen LogP contribution in [0.1, 0.15) is 27.7 Å². The van der Waals surface area contributed by atoms with E-state index in [0.717, 1.165) is 23.5 Å². The predicted octanol–water partition coefficient (Wildman–Crippen LogP) is 1.29. The zero-order valence-electron chi connectivity index (χ0n) is 22.5. The third kappa shape index (κ3) is 8.25. The van der Waals surface area contributed by atoms with Gasteiger partial charge in [0.1, 0.15) is 35.5 Å². The number of rotatable bonds is 7. The number of hydrogen-bond donors (Lipinski definition) is 4. The number of carbonyl (C=O) groups excluding carboxylic acids is 2. The molecule has 0 bridgehead atoms. The number of alkyl halides is 3. The lowest BCUT2D eigenvalue weighted by molar-refractivity contribution is -0.207. The number of nitrogens with zero attached hydrogens (tertiary/aromatic N) is 4. The first-order chi connectivity index (χ1) is 18.5. The number of anilines is 1. The fraction of sp³-hybridized carbons (Fsp3) is 0.818. The number of carbonyl (C=O) groups is 2. The molecule has 0 aromatic carbocycles. The van der Waals surface area contributed by atoms with Crippen molar-refractivity contribution in [2.45, 2.75) is 85.0 Å². The van der Waals surface area contributed by atoms with Crippen LogP contribution >= 0.6 is 34.9 Å². The number of amides is 2. The van der Waals surface area contributed by atoms with Crippen molar-refractivity contribution in [1.82, 2.24) is 20.4 Å². The van der Waals surface area contributed by atoms with Crippen molar-refractivity contribution in [3.05, 3.63) is 0 Å². The molecule has 3 rings (SSSR count). The van der Waals surface area contributed by atoms with Gasteiger partial charge < -0.3 is 39.9 Å². The van der Waals surface area contributed by atoms with Crippen LogP contribution < -0.4 is 10.2 Å². The second kappa shape index (κ2) is 13.2. The van der Waals surface area contributed by atoms with Gasteiger partial charge >= 0.3 is 18.2 Å². The highest BCUT2D eigenvalue weighted by Crippen LogP contribution is 2.36. The molecule has 1 aromatic heterocycles. The second-order valence-corrected chi connectivity index (χ2v) is 13.8. The highest BCUT2D eigenvalue weighted by Gasteiger charge is 2.50. The average Bonchev–Trinajstić information content (AvgIpc) is 3.33. The van der Waals surface area contributed by atoms with Gasteiger partial charge in [-0.3, -0.25) is 4.79 Å². The number of halogens is 3. The number of ether oxygens (including phenoxy) is 2. The molecule has 228 valence electrons. The van der Waals surface area contributed by atoms with Gasteiger partial charge in [0.2, 0.25) is 5.13 Å². The highest BCUT2D eigenvalue weighted by molar-refractivity contribution is 8.01. The van der Waals surface area contributed by atoms with Gasteiger partial charge in [-0.2, -0.15) is 13.2 Å². The Balaban J connectivity index is 1.70. The minimum Gasteiger partial charge on any atom is -0.444 e. The van der Waals surface area contributed by atoms with Crippen LogP contribution in [0.15, 0.2) is 4.34 Å². The molecule has 0 saturated carbocycles. The number of nitrogens with one attached hydrogen (secondary N) is 1. The Morgan fingerprint density at radius 2 is 1.73 bits per heavy atom. The molecule has 2 aliphatic rings. The molecule has 4 N–H and O–H groups in total. The Morgan fingerprint density at radius 1 is 1.10 bits per heavy atom. The van der Waals surface area contributed by atoms with Gasteiger partial charge in [-0.25, -0.2) is 4.79 Å². The first kappa shape index (κ1) is 32.9. The zero-order chi connectivity index (χ0) is 30.0. The summed E-state index contributed by atoms with van der Waals surface area (Å²) in [5.41, 5.74) is -1.65. The molecule has 0 aliphatic carbocycles. The molecule has 2 aliphatic heterocycles. The molecule has 2 saturated heterocycles. The van der Waals surface area contributed by atoms with E-state index in [1.165, 1.54) is 18.3 Å². The standard InChI is InChI=1S/C22H34F3N5O7S3/c1-10(11(26-17(34)22(23,24)25)15-13(32)12(31)14(33)16(36-15)38-5)39-19-28-27-18(40-19)29-6-8-30(9-7-29)20(35)37-21(2,3)4/h10-16,31-33H,6-9H2,1-5H3,(H,26,34)/t10-,11+,12+,13?,14+,15+,16?/m0/s1. The van der Waals surface area contributed by atoms with Crippen LogP contribution in [-0.4, -0.2) is 128 Å². The van der Waals surface area contributed by atoms with E-state index in [2.05, 4.69) is 10.2 Å². The minimum absolute atomic E-state index is 0.385. The summed E-state index contributed by atoms with van der Waals surface area (Å²) in [6.07, 6.45) is -10.5. The number of aromatic nitrogens is 2. The van der Waals surface area contributed by atoms with Crippen molar-refractivity contribution in [1.29, 1.82) is 0 Å². The van der Waals surface area contributed by atoms with Crippen LogP contribution in [-0.2, 0) is 14.3 Å². The topological polar surface area (TPSA) is 158 Å². The first-order valence-corrected chi connectivity index (χ1v) is 15.3. The quantitative estimate of drug-likeness (QED) is 0.320. The molecular formula is C22H34F3N5O7S3. The maximum atomic E-state index is 13.1. The van der Waals surface area contributed by atoms with E-state index in [1.54, 1.807) is 31.9 Å². The predicted molar refractivity (Wildman–Crippen MR) is 143 cm³/mol. The molecule has 3 heterocycles. The summed E-state index contributed by atoms with van der Waals surface area (Å²) in [6, 6.07) is -1.42. The number of thioether (sulfide) groups is 2. The summed E-state index contributed by atoms with van der Waals surface area (Å²) in [4.78, 5) is 27.7. The summed E-state index contributed by atoms with van der Waals surface area (Å²) < 4.78 is 50.9. The third-order valence-corrected chi connectivity index (χ3v) is 9.26. The van der Waals surface area contributed by atoms with E-state index >= 15 is 0 Å². The molecular weight excluding hydrogens is 599 g/mol. The third-order valence-electron chi connectivity index (χ3n) is 6.14. The van der Waals surface area contributed by atoms with Crippen LogP contribution in [0.5, 0.6) is 0 Å². The Labute approximate surface area is 242 Å². The van der Waals surface area contributed by atoms with Crippen LogP contribution in [0.4, 0.5) is 23.1 Å². The lowest BCUT2D eigenvalue weighted by Gasteiger charge is -2.44. The lowest BCUT2D eigenvalue weighted by atomic mass is 9.93. The number of hydrogen-bond acceptors (Lipinski definition) is 13. The van der Waals surface area contributed by atoms with Gasteiger partial charge in [0.25, 0.3) is 0 Å². The fourth-order valence-electron chi connectivity index (χ4n) is 4.08. The zero-order valence-corrected chi connectivity index (χ0v) is 24.9. The number of aliphatic hydroxyl groups is 3. The maximum absolute atomic E-state index is 13.1. The molecule has 0 radical (unpaired) electrons. The largest absolute Gasteiger partial charge is 0.471 e. The van der Waals surface area contributed by atoms with Gasteiger partial charge in [-0.15, -0.1) is 22.0 Å². The van der Waals surface area contributed by atoms with Crippen LogP contribution in [0.25, 0.3) is 0 Å². The van der Waals surface area contributed by atoms with Crippen LogP contribution in [0.2, 0.25) is 0 Å².